The molecule has 5 nitrogen and oxygen atoms in total. The molecule has 0 aliphatic rings. The Balaban J connectivity index is 2.70. The second kappa shape index (κ2) is 7.09. The third-order valence-corrected chi connectivity index (χ3v) is 4.73. The lowest BCUT2D eigenvalue weighted by Gasteiger charge is -2.32. The van der Waals surface area contributed by atoms with Crippen LogP contribution in [0.4, 0.5) is 5.13 Å². The molecule has 7 heteroatoms. The van der Waals surface area contributed by atoms with Crippen LogP contribution >= 0.6 is 23.1 Å². The van der Waals surface area contributed by atoms with Gasteiger partial charge >= 0.3 is 0 Å². The minimum atomic E-state index is -0.151. The molecule has 0 bridgehead atoms. The molecule has 108 valence electrons. The summed E-state index contributed by atoms with van der Waals surface area (Å²) in [5.41, 5.74) is 0. The van der Waals surface area contributed by atoms with Crippen LogP contribution in [0.3, 0.4) is 0 Å². The summed E-state index contributed by atoms with van der Waals surface area (Å²) in [5.74, 6) is 0.149. The molecule has 0 aliphatic carbocycles. The highest BCUT2D eigenvalue weighted by Gasteiger charge is 2.26. The third kappa shape index (κ3) is 4.35. The maximum absolute atomic E-state index is 12.5. The first-order chi connectivity index (χ1) is 8.86. The molecule has 0 saturated carbocycles. The van der Waals surface area contributed by atoms with Gasteiger partial charge in [-0.1, -0.05) is 23.1 Å². The Morgan fingerprint density at radius 3 is 2.21 bits per heavy atom. The second-order valence-electron chi connectivity index (χ2n) is 4.82. The molecular weight excluding hydrogens is 280 g/mol. The predicted molar refractivity (Wildman–Crippen MR) is 81.9 cm³/mol. The molecule has 1 heterocycles. The molecule has 1 N–H and O–H groups in total. The van der Waals surface area contributed by atoms with E-state index in [0.29, 0.717) is 0 Å². The van der Waals surface area contributed by atoms with Gasteiger partial charge in [-0.15, -0.1) is 10.2 Å². The lowest BCUT2D eigenvalue weighted by molar-refractivity contribution is -0.133. The van der Waals surface area contributed by atoms with Gasteiger partial charge < -0.3 is 10.2 Å². The van der Waals surface area contributed by atoms with Crippen LogP contribution in [0.2, 0.25) is 0 Å². The van der Waals surface area contributed by atoms with Crippen molar-refractivity contribution < 1.29 is 4.79 Å². The van der Waals surface area contributed by atoms with Gasteiger partial charge in [-0.3, -0.25) is 4.79 Å². The van der Waals surface area contributed by atoms with E-state index in [2.05, 4.69) is 15.5 Å². The first-order valence-electron chi connectivity index (χ1n) is 6.36. The molecule has 0 saturated heterocycles. The summed E-state index contributed by atoms with van der Waals surface area (Å²) >= 11 is 2.93. The van der Waals surface area contributed by atoms with Crippen LogP contribution in [0.1, 0.15) is 34.6 Å². The summed E-state index contributed by atoms with van der Waals surface area (Å²) in [5, 5.41) is 11.6. The number of carbonyl (C=O) groups excluding carboxylic acids is 1. The van der Waals surface area contributed by atoms with Gasteiger partial charge in [0.2, 0.25) is 11.0 Å². The summed E-state index contributed by atoms with van der Waals surface area (Å²) in [6.45, 7) is 10.1. The van der Waals surface area contributed by atoms with Crippen LogP contribution in [-0.4, -0.2) is 45.4 Å². The van der Waals surface area contributed by atoms with E-state index in [0.717, 1.165) is 9.47 Å². The fraction of sp³-hybridized carbons (Fsp3) is 0.750. The van der Waals surface area contributed by atoms with Crippen LogP contribution in [0.25, 0.3) is 0 Å². The Kier molecular flexibility index (Phi) is 6.06. The Bertz CT molecular complexity index is 412. The number of rotatable bonds is 6. The summed E-state index contributed by atoms with van der Waals surface area (Å²) in [7, 11) is 1.81. The quantitative estimate of drug-likeness (QED) is 0.819. The zero-order valence-electron chi connectivity index (χ0n) is 12.3. The number of hydrogen-bond acceptors (Lipinski definition) is 6. The van der Waals surface area contributed by atoms with Gasteiger partial charge in [0.1, 0.15) is 0 Å². The van der Waals surface area contributed by atoms with E-state index in [1.165, 1.54) is 23.1 Å². The highest BCUT2D eigenvalue weighted by Crippen LogP contribution is 2.30. The number of nitrogens with zero attached hydrogens (tertiary/aromatic N) is 3. The fourth-order valence-electron chi connectivity index (χ4n) is 1.88. The topological polar surface area (TPSA) is 58.1 Å². The van der Waals surface area contributed by atoms with Crippen molar-refractivity contribution in [3.8, 4) is 0 Å². The third-order valence-electron chi connectivity index (χ3n) is 2.61. The maximum Gasteiger partial charge on any atom is 0.236 e. The molecule has 0 fully saturated rings. The van der Waals surface area contributed by atoms with Crippen LogP contribution in [-0.2, 0) is 4.79 Å². The van der Waals surface area contributed by atoms with E-state index < -0.39 is 0 Å². The predicted octanol–water partition coefficient (Wildman–Crippen LogP) is 2.71. The summed E-state index contributed by atoms with van der Waals surface area (Å²) in [6, 6.07) is 0.413. The summed E-state index contributed by atoms with van der Waals surface area (Å²) < 4.78 is 0.817. The van der Waals surface area contributed by atoms with Gasteiger partial charge in [-0.05, 0) is 34.6 Å². The van der Waals surface area contributed by atoms with Crippen molar-refractivity contribution in [2.75, 3.05) is 12.4 Å². The molecule has 0 radical (unpaired) electrons. The van der Waals surface area contributed by atoms with Crippen LogP contribution in [0.15, 0.2) is 4.34 Å². The Labute approximate surface area is 123 Å². The van der Waals surface area contributed by atoms with Gasteiger partial charge in [0.05, 0.1) is 5.25 Å². The zero-order chi connectivity index (χ0) is 14.6. The normalized spacial score (nSPS) is 12.8. The lowest BCUT2D eigenvalue weighted by Crippen LogP contribution is -2.45. The molecule has 0 spiro atoms. The molecule has 0 unspecified atom stereocenters. The van der Waals surface area contributed by atoms with E-state index in [4.69, 9.17) is 0 Å². The van der Waals surface area contributed by atoms with Crippen molar-refractivity contribution in [2.24, 2.45) is 0 Å². The number of carbonyl (C=O) groups is 1. The van der Waals surface area contributed by atoms with Gasteiger partial charge in [-0.25, -0.2) is 0 Å². The second-order valence-corrected chi connectivity index (χ2v) is 7.38. The average molecular weight is 302 g/mol. The number of anilines is 1. The molecule has 1 atom stereocenters. The van der Waals surface area contributed by atoms with Crippen molar-refractivity contribution in [2.45, 2.75) is 56.3 Å². The minimum absolute atomic E-state index is 0.149. The largest absolute Gasteiger partial charge is 0.363 e. The van der Waals surface area contributed by atoms with E-state index >= 15 is 0 Å². The fourth-order valence-corrected chi connectivity index (χ4v) is 3.78. The van der Waals surface area contributed by atoms with Crippen molar-refractivity contribution in [1.82, 2.24) is 15.1 Å². The molecular formula is C12H22N4OS2. The average Bonchev–Trinajstić information content (AvgIpc) is 2.75. The summed E-state index contributed by atoms with van der Waals surface area (Å²) in [6.07, 6.45) is 0. The molecule has 1 aromatic rings. The molecule has 1 aromatic heterocycles. The Morgan fingerprint density at radius 1 is 1.21 bits per heavy atom. The Morgan fingerprint density at radius 2 is 1.79 bits per heavy atom. The van der Waals surface area contributed by atoms with E-state index in [1.807, 2.05) is 46.6 Å². The standard InChI is InChI=1S/C12H22N4OS2/c1-7(2)16(8(3)4)10(17)9(5)18-12-15-14-11(13-6)19-12/h7-9H,1-6H3,(H,13,14)/t9-/m0/s1. The number of thioether (sulfide) groups is 1. The van der Waals surface area contributed by atoms with Crippen molar-refractivity contribution in [3.05, 3.63) is 0 Å². The smallest absolute Gasteiger partial charge is 0.236 e. The molecule has 1 amide bonds. The number of amides is 1. The van der Waals surface area contributed by atoms with Crippen LogP contribution in [0, 0.1) is 0 Å². The van der Waals surface area contributed by atoms with Gasteiger partial charge in [0.15, 0.2) is 4.34 Å². The number of aromatic nitrogens is 2. The Hall–Kier alpha value is -0.820. The first-order valence-corrected chi connectivity index (χ1v) is 8.06. The maximum atomic E-state index is 12.5. The molecule has 0 aliphatic heterocycles. The van der Waals surface area contributed by atoms with Crippen molar-refractivity contribution in [3.63, 3.8) is 0 Å². The number of nitrogens with one attached hydrogen (secondary N) is 1. The van der Waals surface area contributed by atoms with Gasteiger partial charge in [0.25, 0.3) is 0 Å². The van der Waals surface area contributed by atoms with Gasteiger partial charge in [0, 0.05) is 19.1 Å². The van der Waals surface area contributed by atoms with Crippen LogP contribution in [0.5, 0.6) is 0 Å². The van der Waals surface area contributed by atoms with Crippen molar-refractivity contribution in [1.29, 1.82) is 0 Å². The zero-order valence-corrected chi connectivity index (χ0v) is 13.9. The van der Waals surface area contributed by atoms with Gasteiger partial charge in [-0.2, -0.15) is 0 Å². The highest BCUT2D eigenvalue weighted by molar-refractivity contribution is 8.02. The minimum Gasteiger partial charge on any atom is -0.363 e. The number of hydrogen-bond donors (Lipinski definition) is 1. The monoisotopic (exact) mass is 302 g/mol. The van der Waals surface area contributed by atoms with E-state index in [1.54, 1.807) is 0 Å². The first kappa shape index (κ1) is 16.2. The van der Waals surface area contributed by atoms with E-state index in [-0.39, 0.29) is 23.2 Å². The highest BCUT2D eigenvalue weighted by atomic mass is 32.2. The molecule has 19 heavy (non-hydrogen) atoms. The van der Waals surface area contributed by atoms with Crippen molar-refractivity contribution >= 4 is 34.1 Å². The SMILES string of the molecule is CNc1nnc(S[C@@H](C)C(=O)N(C(C)C)C(C)C)s1. The lowest BCUT2D eigenvalue weighted by atomic mass is 10.2. The molecule has 0 aromatic carbocycles. The summed E-state index contributed by atoms with van der Waals surface area (Å²) in [4.78, 5) is 14.4. The molecule has 1 rings (SSSR count). The van der Waals surface area contributed by atoms with Crippen LogP contribution < -0.4 is 5.32 Å². The van der Waals surface area contributed by atoms with E-state index in [9.17, 15) is 4.79 Å².